The Labute approximate surface area is 167 Å². The molecule has 7 nitrogen and oxygen atoms in total. The first-order valence-corrected chi connectivity index (χ1v) is 8.57. The Kier molecular flexibility index (Phi) is 5.46. The molecule has 1 aliphatic rings. The molecule has 8 heteroatoms. The van der Waals surface area contributed by atoms with Gasteiger partial charge in [0, 0.05) is 6.07 Å². The molecule has 2 aromatic carbocycles. The van der Waals surface area contributed by atoms with Gasteiger partial charge in [-0.05, 0) is 29.8 Å². The van der Waals surface area contributed by atoms with Gasteiger partial charge < -0.3 is 18.9 Å². The third-order valence-corrected chi connectivity index (χ3v) is 4.68. The fraction of sp³-hybridized carbons (Fsp3) is 0.200. The summed E-state index contributed by atoms with van der Waals surface area (Å²) < 4.78 is 20.9. The number of rotatable bonds is 6. The van der Waals surface area contributed by atoms with Crippen molar-refractivity contribution < 1.29 is 28.5 Å². The van der Waals surface area contributed by atoms with E-state index in [1.807, 2.05) is 0 Å². The summed E-state index contributed by atoms with van der Waals surface area (Å²) >= 11 is 6.24. The molecule has 0 N–H and O–H groups in total. The molecule has 0 atom stereocenters. The molecule has 2 aromatic rings. The van der Waals surface area contributed by atoms with Gasteiger partial charge in [0.1, 0.15) is 5.03 Å². The summed E-state index contributed by atoms with van der Waals surface area (Å²) in [6.07, 6.45) is 0. The topological polar surface area (TPSA) is 74.3 Å². The molecule has 0 aromatic heterocycles. The second kappa shape index (κ2) is 7.82. The van der Waals surface area contributed by atoms with Gasteiger partial charge in [-0.25, -0.2) is 4.90 Å². The molecule has 0 aliphatic carbocycles. The molecule has 0 radical (unpaired) electrons. The Hall–Kier alpha value is -3.19. The lowest BCUT2D eigenvalue weighted by Crippen LogP contribution is -2.31. The number of hydrogen-bond acceptors (Lipinski definition) is 6. The summed E-state index contributed by atoms with van der Waals surface area (Å²) in [7, 11) is 5.95. The van der Waals surface area contributed by atoms with Gasteiger partial charge in [-0.1, -0.05) is 17.7 Å². The summed E-state index contributed by atoms with van der Waals surface area (Å²) in [4.78, 5) is 26.8. The van der Waals surface area contributed by atoms with Gasteiger partial charge in [-0.2, -0.15) is 0 Å². The zero-order valence-corrected chi connectivity index (χ0v) is 16.5. The van der Waals surface area contributed by atoms with Gasteiger partial charge in [-0.15, -0.1) is 0 Å². The number of methoxy groups -OCH3 is 4. The van der Waals surface area contributed by atoms with Crippen molar-refractivity contribution in [1.82, 2.24) is 0 Å². The Morgan fingerprint density at radius 2 is 1.25 bits per heavy atom. The van der Waals surface area contributed by atoms with Gasteiger partial charge in [-0.3, -0.25) is 9.59 Å². The highest BCUT2D eigenvalue weighted by Crippen LogP contribution is 2.40. The van der Waals surface area contributed by atoms with Crippen LogP contribution >= 0.6 is 11.6 Å². The van der Waals surface area contributed by atoms with E-state index < -0.39 is 11.8 Å². The van der Waals surface area contributed by atoms with Gasteiger partial charge in [0.25, 0.3) is 11.8 Å². The molecule has 0 saturated carbocycles. The Morgan fingerprint density at radius 3 is 1.82 bits per heavy atom. The minimum absolute atomic E-state index is 0.0856. The van der Waals surface area contributed by atoms with Crippen molar-refractivity contribution in [2.75, 3.05) is 33.3 Å². The lowest BCUT2D eigenvalue weighted by atomic mass is 10.1. The van der Waals surface area contributed by atoms with Crippen LogP contribution in [-0.4, -0.2) is 40.3 Å². The molecule has 0 saturated heterocycles. The van der Waals surface area contributed by atoms with Crippen LogP contribution in [0.2, 0.25) is 0 Å². The summed E-state index contributed by atoms with van der Waals surface area (Å²) in [6.45, 7) is 0. The number of ether oxygens (including phenoxy) is 4. The average Bonchev–Trinajstić information content (AvgIpc) is 2.95. The van der Waals surface area contributed by atoms with E-state index in [2.05, 4.69) is 0 Å². The number of hydrogen-bond donors (Lipinski definition) is 0. The largest absolute Gasteiger partial charge is 0.493 e. The molecular weight excluding hydrogens is 386 g/mol. The van der Waals surface area contributed by atoms with E-state index in [0.29, 0.717) is 34.2 Å². The molecule has 1 heterocycles. The Balaban J connectivity index is 2.04. The summed E-state index contributed by atoms with van der Waals surface area (Å²) in [5.74, 6) is 0.609. The zero-order valence-electron chi connectivity index (χ0n) is 15.7. The van der Waals surface area contributed by atoms with E-state index in [1.54, 1.807) is 30.3 Å². The normalized spacial score (nSPS) is 13.8. The first-order valence-electron chi connectivity index (χ1n) is 8.19. The summed E-state index contributed by atoms with van der Waals surface area (Å²) in [5, 5.41) is -0.174. The number of halogens is 1. The summed E-state index contributed by atoms with van der Waals surface area (Å²) in [6, 6.07) is 9.61. The molecule has 0 spiro atoms. The third kappa shape index (κ3) is 3.14. The predicted octanol–water partition coefficient (Wildman–Crippen LogP) is 3.24. The van der Waals surface area contributed by atoms with Gasteiger partial charge in [0.15, 0.2) is 23.0 Å². The molecule has 3 rings (SSSR count). The van der Waals surface area contributed by atoms with Crippen LogP contribution in [0, 0.1) is 0 Å². The number of imide groups is 1. The van der Waals surface area contributed by atoms with Crippen molar-refractivity contribution in [3.05, 3.63) is 47.0 Å². The molecule has 2 amide bonds. The molecule has 0 fully saturated rings. The van der Waals surface area contributed by atoms with E-state index in [-0.39, 0.29) is 10.6 Å². The predicted molar refractivity (Wildman–Crippen MR) is 104 cm³/mol. The van der Waals surface area contributed by atoms with Crippen LogP contribution in [0.5, 0.6) is 23.0 Å². The highest BCUT2D eigenvalue weighted by Gasteiger charge is 2.39. The van der Waals surface area contributed by atoms with Crippen molar-refractivity contribution in [1.29, 1.82) is 0 Å². The van der Waals surface area contributed by atoms with Crippen LogP contribution in [0.25, 0.3) is 5.57 Å². The fourth-order valence-corrected chi connectivity index (χ4v) is 3.22. The number of carbonyl (C=O) groups is 2. The smallest absolute Gasteiger partial charge is 0.277 e. The maximum Gasteiger partial charge on any atom is 0.277 e. The van der Waals surface area contributed by atoms with Crippen LogP contribution in [0.1, 0.15) is 5.56 Å². The van der Waals surface area contributed by atoms with E-state index >= 15 is 0 Å². The average molecular weight is 404 g/mol. The Morgan fingerprint density at radius 1 is 0.714 bits per heavy atom. The zero-order chi connectivity index (χ0) is 20.4. The highest BCUT2D eigenvalue weighted by atomic mass is 35.5. The molecule has 146 valence electrons. The van der Waals surface area contributed by atoms with Gasteiger partial charge in [0.2, 0.25) is 0 Å². The van der Waals surface area contributed by atoms with Crippen LogP contribution < -0.4 is 23.8 Å². The fourth-order valence-electron chi connectivity index (χ4n) is 2.94. The van der Waals surface area contributed by atoms with Crippen LogP contribution in [0.15, 0.2) is 41.4 Å². The number of nitrogens with zero attached hydrogens (tertiary/aromatic N) is 1. The maximum atomic E-state index is 13.1. The SMILES string of the molecule is COc1ccc(C2=C(Cl)C(=O)N(c3ccc(OC)c(OC)c3)C2=O)cc1OC. The minimum Gasteiger partial charge on any atom is -0.493 e. The molecule has 28 heavy (non-hydrogen) atoms. The van der Waals surface area contributed by atoms with Crippen LogP contribution in [-0.2, 0) is 9.59 Å². The molecular formula is C20H18ClNO6. The summed E-state index contributed by atoms with van der Waals surface area (Å²) in [5.41, 5.74) is 0.854. The number of anilines is 1. The second-order valence-electron chi connectivity index (χ2n) is 5.74. The third-order valence-electron chi connectivity index (χ3n) is 4.32. The van der Waals surface area contributed by atoms with Crippen molar-refractivity contribution in [3.8, 4) is 23.0 Å². The van der Waals surface area contributed by atoms with Crippen molar-refractivity contribution >= 4 is 34.7 Å². The van der Waals surface area contributed by atoms with Crippen molar-refractivity contribution in [2.45, 2.75) is 0 Å². The van der Waals surface area contributed by atoms with E-state index in [4.69, 9.17) is 30.5 Å². The van der Waals surface area contributed by atoms with Gasteiger partial charge in [0.05, 0.1) is 39.7 Å². The van der Waals surface area contributed by atoms with Crippen molar-refractivity contribution in [3.63, 3.8) is 0 Å². The van der Waals surface area contributed by atoms with Crippen molar-refractivity contribution in [2.24, 2.45) is 0 Å². The second-order valence-corrected chi connectivity index (χ2v) is 6.12. The maximum absolute atomic E-state index is 13.1. The van der Waals surface area contributed by atoms with E-state index in [0.717, 1.165) is 4.90 Å². The van der Waals surface area contributed by atoms with E-state index in [9.17, 15) is 9.59 Å². The standard InChI is InChI=1S/C20H18ClNO6/c1-25-13-7-5-11(9-15(13)27-3)17-18(21)20(24)22(19(17)23)12-6-8-14(26-2)16(10-12)28-4/h5-10H,1-4H3. The number of benzene rings is 2. The first-order chi connectivity index (χ1) is 13.5. The van der Waals surface area contributed by atoms with Gasteiger partial charge >= 0.3 is 0 Å². The van der Waals surface area contributed by atoms with E-state index in [1.165, 1.54) is 34.5 Å². The highest BCUT2D eigenvalue weighted by molar-refractivity contribution is 6.60. The first kappa shape index (κ1) is 19.6. The Bertz CT molecular complexity index is 985. The molecule has 0 bridgehead atoms. The van der Waals surface area contributed by atoms with Crippen LogP contribution in [0.3, 0.4) is 0 Å². The monoisotopic (exact) mass is 403 g/mol. The molecule has 1 aliphatic heterocycles. The number of carbonyl (C=O) groups excluding carboxylic acids is 2. The minimum atomic E-state index is -0.622. The number of amides is 2. The lowest BCUT2D eigenvalue weighted by Gasteiger charge is -2.17. The lowest BCUT2D eigenvalue weighted by molar-refractivity contribution is -0.119. The van der Waals surface area contributed by atoms with Crippen LogP contribution in [0.4, 0.5) is 5.69 Å². The quantitative estimate of drug-likeness (QED) is 0.689. The molecule has 0 unspecified atom stereocenters.